The third-order valence-electron chi connectivity index (χ3n) is 6.36. The van der Waals surface area contributed by atoms with Crippen LogP contribution in [0.3, 0.4) is 0 Å². The zero-order chi connectivity index (χ0) is 22.7. The summed E-state index contributed by atoms with van der Waals surface area (Å²) in [6.45, 7) is 5.72. The first kappa shape index (κ1) is 22.4. The van der Waals surface area contributed by atoms with Crippen molar-refractivity contribution in [2.45, 2.75) is 25.9 Å². The van der Waals surface area contributed by atoms with E-state index in [0.717, 1.165) is 49.4 Å². The van der Waals surface area contributed by atoms with Crippen LogP contribution in [-0.2, 0) is 33.6 Å². The van der Waals surface area contributed by atoms with Crippen molar-refractivity contribution in [3.05, 3.63) is 62.6 Å². The highest BCUT2D eigenvalue weighted by Gasteiger charge is 2.22. The quantitative estimate of drug-likeness (QED) is 0.538. The van der Waals surface area contributed by atoms with E-state index >= 15 is 0 Å². The molecule has 0 unspecified atom stereocenters. The lowest BCUT2D eigenvalue weighted by atomic mass is 10.1. The van der Waals surface area contributed by atoms with Gasteiger partial charge in [0.15, 0.2) is 11.2 Å². The highest BCUT2D eigenvalue weighted by molar-refractivity contribution is 5.71. The van der Waals surface area contributed by atoms with Crippen molar-refractivity contribution in [2.75, 3.05) is 39.3 Å². The third-order valence-corrected chi connectivity index (χ3v) is 6.36. The minimum atomic E-state index is -0.361. The minimum Gasteiger partial charge on any atom is -0.395 e. The normalized spacial score (nSPS) is 15.6. The van der Waals surface area contributed by atoms with Crippen LogP contribution in [0.1, 0.15) is 17.8 Å². The predicted molar refractivity (Wildman–Crippen MR) is 124 cm³/mol. The van der Waals surface area contributed by atoms with Gasteiger partial charge < -0.3 is 9.67 Å². The van der Waals surface area contributed by atoms with Gasteiger partial charge in [-0.1, -0.05) is 30.3 Å². The molecule has 2 aromatic heterocycles. The fraction of sp³-hybridized carbons (Fsp3) is 0.522. The lowest BCUT2D eigenvalue weighted by Gasteiger charge is -2.34. The maximum Gasteiger partial charge on any atom is 0.332 e. The van der Waals surface area contributed by atoms with Crippen molar-refractivity contribution in [2.24, 2.45) is 14.1 Å². The molecular weight excluding hydrogens is 408 g/mol. The van der Waals surface area contributed by atoms with Crippen molar-refractivity contribution in [3.63, 3.8) is 0 Å². The van der Waals surface area contributed by atoms with Gasteiger partial charge >= 0.3 is 5.69 Å². The largest absolute Gasteiger partial charge is 0.395 e. The van der Waals surface area contributed by atoms with Crippen molar-refractivity contribution in [1.82, 2.24) is 28.5 Å². The fourth-order valence-corrected chi connectivity index (χ4v) is 4.45. The Morgan fingerprint density at radius 2 is 1.62 bits per heavy atom. The number of nitrogens with zero attached hydrogens (tertiary/aromatic N) is 6. The number of aromatic nitrogens is 4. The third kappa shape index (κ3) is 4.55. The first-order valence-electron chi connectivity index (χ1n) is 11.2. The summed E-state index contributed by atoms with van der Waals surface area (Å²) in [7, 11) is 3.19. The van der Waals surface area contributed by atoms with E-state index < -0.39 is 0 Å². The van der Waals surface area contributed by atoms with Gasteiger partial charge in [-0.3, -0.25) is 23.7 Å². The summed E-state index contributed by atoms with van der Waals surface area (Å²) < 4.78 is 4.64. The molecule has 0 aliphatic carbocycles. The van der Waals surface area contributed by atoms with E-state index in [0.29, 0.717) is 30.8 Å². The molecule has 1 aliphatic rings. The number of β-amino-alcohol motifs (C(OH)–C–C–N with tert-alkyl or cyclic N) is 1. The Morgan fingerprint density at radius 1 is 0.938 bits per heavy atom. The molecule has 9 nitrogen and oxygen atoms in total. The van der Waals surface area contributed by atoms with Gasteiger partial charge in [-0.25, -0.2) is 9.78 Å². The van der Waals surface area contributed by atoms with Crippen molar-refractivity contribution < 1.29 is 5.11 Å². The summed E-state index contributed by atoms with van der Waals surface area (Å²) in [6.07, 6.45) is 1.78. The van der Waals surface area contributed by atoms with Crippen LogP contribution >= 0.6 is 0 Å². The minimum absolute atomic E-state index is 0.175. The van der Waals surface area contributed by atoms with Gasteiger partial charge in [0.05, 0.1) is 13.2 Å². The molecule has 9 heteroatoms. The molecule has 0 spiro atoms. The van der Waals surface area contributed by atoms with Crippen molar-refractivity contribution in [3.8, 4) is 0 Å². The van der Waals surface area contributed by atoms with E-state index in [1.807, 2.05) is 22.8 Å². The molecule has 1 fully saturated rings. The van der Waals surface area contributed by atoms with E-state index in [1.54, 1.807) is 7.05 Å². The lowest BCUT2D eigenvalue weighted by molar-refractivity contribution is 0.106. The number of benzene rings is 1. The van der Waals surface area contributed by atoms with Crippen molar-refractivity contribution in [1.29, 1.82) is 0 Å². The summed E-state index contributed by atoms with van der Waals surface area (Å²) in [5.74, 6) is 0.821. The molecule has 32 heavy (non-hydrogen) atoms. The number of aliphatic hydroxyl groups is 1. The zero-order valence-corrected chi connectivity index (χ0v) is 18.9. The Hall–Kier alpha value is -2.75. The molecule has 0 atom stereocenters. The maximum absolute atomic E-state index is 13.0. The zero-order valence-electron chi connectivity index (χ0n) is 18.9. The molecule has 0 bridgehead atoms. The summed E-state index contributed by atoms with van der Waals surface area (Å²) in [4.78, 5) is 34.8. The number of piperazine rings is 1. The maximum atomic E-state index is 13.0. The Bertz CT molecular complexity index is 1170. The van der Waals surface area contributed by atoms with Gasteiger partial charge in [0, 0.05) is 53.4 Å². The molecule has 0 radical (unpaired) electrons. The van der Waals surface area contributed by atoms with Crippen LogP contribution < -0.4 is 11.2 Å². The summed E-state index contributed by atoms with van der Waals surface area (Å²) in [5.41, 5.74) is 1.55. The first-order chi connectivity index (χ1) is 15.5. The average molecular weight is 441 g/mol. The molecular formula is C23H32N6O3. The Morgan fingerprint density at radius 3 is 2.31 bits per heavy atom. The van der Waals surface area contributed by atoms with Crippen LogP contribution in [0.2, 0.25) is 0 Å². The second-order valence-corrected chi connectivity index (χ2v) is 8.49. The first-order valence-corrected chi connectivity index (χ1v) is 11.2. The molecule has 1 aliphatic heterocycles. The summed E-state index contributed by atoms with van der Waals surface area (Å²) in [5, 5.41) is 9.17. The number of rotatable bonds is 8. The van der Waals surface area contributed by atoms with Gasteiger partial charge in [-0.05, 0) is 18.4 Å². The highest BCUT2D eigenvalue weighted by atomic mass is 16.3. The number of fused-ring (bicyclic) bond motifs is 1. The van der Waals surface area contributed by atoms with E-state index in [2.05, 4.69) is 21.9 Å². The fourth-order valence-electron chi connectivity index (χ4n) is 4.45. The molecule has 0 saturated carbocycles. The van der Waals surface area contributed by atoms with Crippen LogP contribution in [0, 0.1) is 0 Å². The smallest absolute Gasteiger partial charge is 0.332 e. The molecule has 3 aromatic rings. The van der Waals surface area contributed by atoms with Crippen LogP contribution in [0.25, 0.3) is 11.2 Å². The standard InChI is InChI=1S/C23H32N6O3/c1-25-21-20(22(31)26(2)23(25)32)29(10-6-9-18-7-4-3-5-8-18)19(24-21)17-28-13-11-27(12-14-28)15-16-30/h3-5,7-8,30H,6,9-17H2,1-2H3. The highest BCUT2D eigenvalue weighted by Crippen LogP contribution is 2.16. The second-order valence-electron chi connectivity index (χ2n) is 8.49. The van der Waals surface area contributed by atoms with Gasteiger partial charge in [0.25, 0.3) is 5.56 Å². The van der Waals surface area contributed by atoms with E-state index in [1.165, 1.54) is 17.2 Å². The SMILES string of the molecule is Cn1c(=O)c2c(nc(CN3CCN(CCO)CC3)n2CCCc2ccccc2)n(C)c1=O. The van der Waals surface area contributed by atoms with E-state index in [-0.39, 0.29) is 17.9 Å². The van der Waals surface area contributed by atoms with Gasteiger partial charge in [-0.15, -0.1) is 0 Å². The molecule has 172 valence electrons. The van der Waals surface area contributed by atoms with Gasteiger partial charge in [-0.2, -0.15) is 0 Å². The lowest BCUT2D eigenvalue weighted by Crippen LogP contribution is -2.46. The number of aliphatic hydroxyl groups excluding tert-OH is 1. The number of aryl methyl sites for hydroxylation is 3. The molecule has 1 N–H and O–H groups in total. The molecule has 4 rings (SSSR count). The monoisotopic (exact) mass is 440 g/mol. The number of imidazole rings is 1. The topological polar surface area (TPSA) is 88.5 Å². The summed E-state index contributed by atoms with van der Waals surface area (Å²) >= 11 is 0. The van der Waals surface area contributed by atoms with E-state index in [9.17, 15) is 14.7 Å². The molecule has 0 amide bonds. The Kier molecular flexibility index (Phi) is 6.88. The summed E-state index contributed by atoms with van der Waals surface area (Å²) in [6, 6.07) is 10.3. The Labute approximate surface area is 187 Å². The van der Waals surface area contributed by atoms with Gasteiger partial charge in [0.1, 0.15) is 5.82 Å². The molecule has 3 heterocycles. The molecule has 1 aromatic carbocycles. The predicted octanol–water partition coefficient (Wildman–Crippen LogP) is 0.176. The average Bonchev–Trinajstić information content (AvgIpc) is 3.16. The van der Waals surface area contributed by atoms with Crippen molar-refractivity contribution >= 4 is 11.2 Å². The van der Waals surface area contributed by atoms with Crippen LogP contribution in [0.15, 0.2) is 39.9 Å². The molecule has 1 saturated heterocycles. The Balaban J connectivity index is 1.62. The van der Waals surface area contributed by atoms with Gasteiger partial charge in [0.2, 0.25) is 0 Å². The van der Waals surface area contributed by atoms with Crippen LogP contribution in [0.5, 0.6) is 0 Å². The van der Waals surface area contributed by atoms with Crippen LogP contribution in [0.4, 0.5) is 0 Å². The number of hydrogen-bond donors (Lipinski definition) is 1. The van der Waals surface area contributed by atoms with Crippen LogP contribution in [-0.4, -0.2) is 72.9 Å². The van der Waals surface area contributed by atoms with E-state index in [4.69, 9.17) is 4.98 Å². The number of hydrogen-bond acceptors (Lipinski definition) is 6. The second kappa shape index (κ2) is 9.81.